The first-order valence-electron chi connectivity index (χ1n) is 6.85. The maximum atomic E-state index is 11.4. The smallest absolute Gasteiger partial charge is 0.407 e. The predicted octanol–water partition coefficient (Wildman–Crippen LogP) is 2.86. The number of carbonyl (C=O) groups excluding carboxylic acids is 1. The quantitative estimate of drug-likeness (QED) is 0.699. The van der Waals surface area contributed by atoms with Crippen molar-refractivity contribution in [1.82, 2.24) is 5.32 Å². The summed E-state index contributed by atoms with van der Waals surface area (Å²) in [5.41, 5.74) is 0. The summed E-state index contributed by atoms with van der Waals surface area (Å²) in [7, 11) is 0. The van der Waals surface area contributed by atoms with Gasteiger partial charge in [0.15, 0.2) is 0 Å². The van der Waals surface area contributed by atoms with E-state index in [0.29, 0.717) is 13.2 Å². The molecule has 0 aromatic carbocycles. The summed E-state index contributed by atoms with van der Waals surface area (Å²) < 4.78 is 10.7. The molecule has 17 heavy (non-hydrogen) atoms. The maximum absolute atomic E-state index is 11.4. The molecule has 4 nitrogen and oxygen atoms in total. The molecule has 0 aromatic heterocycles. The zero-order valence-corrected chi connectivity index (χ0v) is 10.9. The monoisotopic (exact) mass is 243 g/mol. The second kappa shape index (κ2) is 9.28. The summed E-state index contributed by atoms with van der Waals surface area (Å²) >= 11 is 0. The molecule has 1 fully saturated rings. The third kappa shape index (κ3) is 7.21. The molecule has 1 aliphatic carbocycles. The molecule has 1 N–H and O–H groups in total. The number of alkyl carbamates (subject to hydrolysis) is 1. The van der Waals surface area contributed by atoms with Crippen molar-refractivity contribution >= 4 is 6.09 Å². The number of carbonyl (C=O) groups is 1. The van der Waals surface area contributed by atoms with Crippen molar-refractivity contribution in [3.8, 4) is 0 Å². The highest BCUT2D eigenvalue weighted by Gasteiger charge is 2.16. The average Bonchev–Trinajstić information content (AvgIpc) is 2.35. The van der Waals surface area contributed by atoms with Gasteiger partial charge in [-0.05, 0) is 38.5 Å². The highest BCUT2D eigenvalue weighted by molar-refractivity contribution is 5.67. The number of hydrogen-bond acceptors (Lipinski definition) is 3. The number of rotatable bonds is 7. The van der Waals surface area contributed by atoms with Crippen molar-refractivity contribution in [2.45, 2.75) is 58.0 Å². The summed E-state index contributed by atoms with van der Waals surface area (Å²) in [5, 5.41) is 2.77. The fraction of sp³-hybridized carbons (Fsp3) is 0.923. The highest BCUT2D eigenvalue weighted by Crippen LogP contribution is 2.20. The molecule has 0 aliphatic heterocycles. The van der Waals surface area contributed by atoms with Crippen molar-refractivity contribution in [2.75, 3.05) is 19.8 Å². The molecule has 0 spiro atoms. The van der Waals surface area contributed by atoms with Crippen LogP contribution in [0.3, 0.4) is 0 Å². The fourth-order valence-corrected chi connectivity index (χ4v) is 1.99. The van der Waals surface area contributed by atoms with Crippen LogP contribution in [0.4, 0.5) is 4.79 Å². The van der Waals surface area contributed by atoms with Crippen LogP contribution in [0, 0.1) is 0 Å². The van der Waals surface area contributed by atoms with Gasteiger partial charge >= 0.3 is 6.09 Å². The molecule has 1 saturated carbocycles. The van der Waals surface area contributed by atoms with Crippen LogP contribution in [0.5, 0.6) is 0 Å². The van der Waals surface area contributed by atoms with Gasteiger partial charge in [-0.25, -0.2) is 4.79 Å². The molecule has 0 unspecified atom stereocenters. The topological polar surface area (TPSA) is 47.6 Å². The summed E-state index contributed by atoms with van der Waals surface area (Å²) in [5.74, 6) is 0. The standard InChI is InChI=1S/C13H25NO3/c1-2-10-16-11-6-9-14-13(15)17-12-7-4-3-5-8-12/h12H,2-11H2,1H3,(H,14,15). The number of hydrogen-bond donors (Lipinski definition) is 1. The molecule has 0 aromatic rings. The number of nitrogens with one attached hydrogen (secondary N) is 1. The molecular formula is C13H25NO3. The van der Waals surface area contributed by atoms with Crippen LogP contribution in [0.25, 0.3) is 0 Å². The lowest BCUT2D eigenvalue weighted by Crippen LogP contribution is -2.31. The number of ether oxygens (including phenoxy) is 2. The van der Waals surface area contributed by atoms with Crippen LogP contribution >= 0.6 is 0 Å². The second-order valence-electron chi connectivity index (χ2n) is 4.56. The first-order valence-corrected chi connectivity index (χ1v) is 6.85. The SMILES string of the molecule is CCCOCCCNC(=O)OC1CCCCC1. The Labute approximate surface area is 104 Å². The van der Waals surface area contributed by atoms with E-state index in [2.05, 4.69) is 12.2 Å². The Morgan fingerprint density at radius 2 is 2.00 bits per heavy atom. The predicted molar refractivity (Wildman–Crippen MR) is 67.1 cm³/mol. The highest BCUT2D eigenvalue weighted by atomic mass is 16.6. The maximum Gasteiger partial charge on any atom is 0.407 e. The van der Waals surface area contributed by atoms with Crippen LogP contribution in [-0.4, -0.2) is 32.0 Å². The normalized spacial score (nSPS) is 16.8. The molecule has 0 bridgehead atoms. The van der Waals surface area contributed by atoms with E-state index in [-0.39, 0.29) is 12.2 Å². The fourth-order valence-electron chi connectivity index (χ4n) is 1.99. The van der Waals surface area contributed by atoms with Gasteiger partial charge in [-0.2, -0.15) is 0 Å². The van der Waals surface area contributed by atoms with Gasteiger partial charge in [-0.15, -0.1) is 0 Å². The molecule has 0 heterocycles. The Hall–Kier alpha value is -0.770. The first-order chi connectivity index (χ1) is 8.33. The second-order valence-corrected chi connectivity index (χ2v) is 4.56. The summed E-state index contributed by atoms with van der Waals surface area (Å²) in [6, 6.07) is 0. The van der Waals surface area contributed by atoms with Crippen molar-refractivity contribution < 1.29 is 14.3 Å². The molecule has 1 aliphatic rings. The molecular weight excluding hydrogens is 218 g/mol. The van der Waals surface area contributed by atoms with E-state index in [9.17, 15) is 4.79 Å². The van der Waals surface area contributed by atoms with Gasteiger partial charge in [0, 0.05) is 19.8 Å². The van der Waals surface area contributed by atoms with Crippen LogP contribution in [0.15, 0.2) is 0 Å². The molecule has 100 valence electrons. The van der Waals surface area contributed by atoms with Gasteiger partial charge in [0.05, 0.1) is 0 Å². The van der Waals surface area contributed by atoms with Crippen molar-refractivity contribution in [3.63, 3.8) is 0 Å². The van der Waals surface area contributed by atoms with Gasteiger partial charge < -0.3 is 14.8 Å². The van der Waals surface area contributed by atoms with Gasteiger partial charge in [0.2, 0.25) is 0 Å². The van der Waals surface area contributed by atoms with E-state index >= 15 is 0 Å². The molecule has 0 saturated heterocycles. The third-order valence-corrected chi connectivity index (χ3v) is 2.91. The van der Waals surface area contributed by atoms with Crippen LogP contribution in [-0.2, 0) is 9.47 Å². The van der Waals surface area contributed by atoms with E-state index in [1.54, 1.807) is 0 Å². The first kappa shape index (κ1) is 14.3. The lowest BCUT2D eigenvalue weighted by Gasteiger charge is -2.21. The van der Waals surface area contributed by atoms with Crippen LogP contribution in [0.2, 0.25) is 0 Å². The molecule has 0 atom stereocenters. The lowest BCUT2D eigenvalue weighted by atomic mass is 9.98. The van der Waals surface area contributed by atoms with Gasteiger partial charge in [-0.1, -0.05) is 13.3 Å². The van der Waals surface area contributed by atoms with Gasteiger partial charge in [0.1, 0.15) is 6.10 Å². The largest absolute Gasteiger partial charge is 0.446 e. The summed E-state index contributed by atoms with van der Waals surface area (Å²) in [6.07, 6.45) is 7.44. The van der Waals surface area contributed by atoms with Crippen molar-refractivity contribution in [3.05, 3.63) is 0 Å². The number of amides is 1. The summed E-state index contributed by atoms with van der Waals surface area (Å²) in [6.45, 7) is 4.22. The Balaban J connectivity index is 1.93. The Morgan fingerprint density at radius 1 is 1.24 bits per heavy atom. The van der Waals surface area contributed by atoms with Crippen molar-refractivity contribution in [2.24, 2.45) is 0 Å². The molecule has 0 radical (unpaired) electrons. The van der Waals surface area contributed by atoms with E-state index in [1.165, 1.54) is 19.3 Å². The van der Waals surface area contributed by atoms with E-state index in [1.807, 2.05) is 0 Å². The van der Waals surface area contributed by atoms with Gasteiger partial charge in [0.25, 0.3) is 0 Å². The zero-order valence-electron chi connectivity index (χ0n) is 10.9. The van der Waals surface area contributed by atoms with Crippen molar-refractivity contribution in [1.29, 1.82) is 0 Å². The minimum atomic E-state index is -0.271. The minimum Gasteiger partial charge on any atom is -0.446 e. The van der Waals surface area contributed by atoms with Gasteiger partial charge in [-0.3, -0.25) is 0 Å². The Kier molecular flexibility index (Phi) is 7.80. The molecule has 4 heteroatoms. The van der Waals surface area contributed by atoms with E-state index < -0.39 is 0 Å². The molecule has 1 amide bonds. The zero-order chi connectivity index (χ0) is 12.3. The lowest BCUT2D eigenvalue weighted by molar-refractivity contribution is 0.0742. The van der Waals surface area contributed by atoms with Crippen LogP contribution < -0.4 is 5.32 Å². The van der Waals surface area contributed by atoms with Crippen LogP contribution in [0.1, 0.15) is 51.9 Å². The van der Waals surface area contributed by atoms with E-state index in [0.717, 1.165) is 32.3 Å². The average molecular weight is 243 g/mol. The minimum absolute atomic E-state index is 0.139. The molecule has 1 rings (SSSR count). The third-order valence-electron chi connectivity index (χ3n) is 2.91. The Bertz CT molecular complexity index is 203. The van der Waals surface area contributed by atoms with E-state index in [4.69, 9.17) is 9.47 Å². The Morgan fingerprint density at radius 3 is 2.71 bits per heavy atom. The summed E-state index contributed by atoms with van der Waals surface area (Å²) in [4.78, 5) is 11.4.